The molecule has 0 amide bonds. The third-order valence-electron chi connectivity index (χ3n) is 3.61. The van der Waals surface area contributed by atoms with E-state index in [1.807, 2.05) is 0 Å². The second kappa shape index (κ2) is 3.69. The first-order valence-corrected chi connectivity index (χ1v) is 7.20. The summed E-state index contributed by atoms with van der Waals surface area (Å²) in [5.41, 5.74) is 0.955. The lowest BCUT2D eigenvalue weighted by molar-refractivity contribution is 0.598. The van der Waals surface area contributed by atoms with Gasteiger partial charge in [-0.3, -0.25) is 0 Å². The fourth-order valence-electron chi connectivity index (χ4n) is 2.57. The van der Waals surface area contributed by atoms with Crippen LogP contribution in [0.25, 0.3) is 0 Å². The van der Waals surface area contributed by atoms with Crippen molar-refractivity contribution in [1.29, 1.82) is 0 Å². The van der Waals surface area contributed by atoms with E-state index in [1.54, 1.807) is 12.1 Å². The van der Waals surface area contributed by atoms with Gasteiger partial charge in [0.15, 0.2) is 0 Å². The predicted octanol–water partition coefficient (Wildman–Crippen LogP) is -0.0363. The fraction of sp³-hybridized carbons (Fsp3) is 0.455. The molecule has 1 aliphatic carbocycles. The van der Waals surface area contributed by atoms with E-state index in [0.717, 1.165) is 30.6 Å². The number of piperidine rings is 1. The molecule has 2 unspecified atom stereocenters. The van der Waals surface area contributed by atoms with Gasteiger partial charge in [0.25, 0.3) is 0 Å². The molecule has 1 saturated carbocycles. The summed E-state index contributed by atoms with van der Waals surface area (Å²) in [7, 11) is -3.59. The number of rotatable bonds is 3. The minimum absolute atomic E-state index is 0.153. The maximum absolute atomic E-state index is 11.1. The molecule has 1 saturated heterocycles. The van der Waals surface area contributed by atoms with Gasteiger partial charge in [-0.05, 0) is 36.1 Å². The first-order chi connectivity index (χ1) is 8.05. The maximum atomic E-state index is 11.1. The average molecular weight is 253 g/mol. The summed E-state index contributed by atoms with van der Waals surface area (Å²) in [6.07, 6.45) is 0. The van der Waals surface area contributed by atoms with E-state index in [0.29, 0.717) is 6.04 Å². The molecule has 2 aliphatic rings. The van der Waals surface area contributed by atoms with E-state index in [4.69, 9.17) is 5.14 Å². The average Bonchev–Trinajstić information content (AvgIpc) is 2.74. The number of hydrogen-bond acceptors (Lipinski definition) is 4. The highest BCUT2D eigenvalue weighted by Gasteiger charge is 2.52. The van der Waals surface area contributed by atoms with E-state index in [-0.39, 0.29) is 4.90 Å². The molecule has 4 N–H and O–H groups in total. The molecular weight excluding hydrogens is 238 g/mol. The number of anilines is 1. The van der Waals surface area contributed by atoms with Gasteiger partial charge in [0, 0.05) is 24.8 Å². The van der Waals surface area contributed by atoms with Crippen LogP contribution in [0.2, 0.25) is 0 Å². The molecule has 5 nitrogen and oxygen atoms in total. The van der Waals surface area contributed by atoms with E-state index in [9.17, 15) is 8.42 Å². The summed E-state index contributed by atoms with van der Waals surface area (Å²) >= 11 is 0. The molecule has 0 aromatic heterocycles. The number of sulfonamides is 1. The molecular formula is C11H15N3O2S. The Morgan fingerprint density at radius 2 is 1.76 bits per heavy atom. The van der Waals surface area contributed by atoms with E-state index < -0.39 is 10.0 Å². The number of benzene rings is 1. The van der Waals surface area contributed by atoms with Gasteiger partial charge < -0.3 is 10.6 Å². The molecule has 2 fully saturated rings. The molecule has 92 valence electrons. The van der Waals surface area contributed by atoms with Gasteiger partial charge in [0.05, 0.1) is 4.90 Å². The summed E-state index contributed by atoms with van der Waals surface area (Å²) in [4.78, 5) is 0.153. The van der Waals surface area contributed by atoms with Crippen molar-refractivity contribution in [1.82, 2.24) is 5.32 Å². The third kappa shape index (κ3) is 2.03. The number of nitrogens with one attached hydrogen (secondary N) is 2. The minimum Gasteiger partial charge on any atom is -0.382 e. The van der Waals surface area contributed by atoms with E-state index in [1.165, 1.54) is 12.1 Å². The summed E-state index contributed by atoms with van der Waals surface area (Å²) < 4.78 is 22.2. The Hall–Kier alpha value is -1.11. The van der Waals surface area contributed by atoms with Gasteiger partial charge in [0.2, 0.25) is 10.0 Å². The SMILES string of the molecule is NS(=O)(=O)c1ccc(NC2C3CNCC32)cc1. The van der Waals surface area contributed by atoms with Crippen LogP contribution in [0.15, 0.2) is 29.2 Å². The van der Waals surface area contributed by atoms with Crippen LogP contribution in [0.4, 0.5) is 5.69 Å². The van der Waals surface area contributed by atoms with Crippen LogP contribution in [0, 0.1) is 11.8 Å². The molecule has 0 radical (unpaired) electrons. The summed E-state index contributed by atoms with van der Waals surface area (Å²) in [6, 6.07) is 7.14. The topological polar surface area (TPSA) is 84.2 Å². The molecule has 1 aromatic rings. The van der Waals surface area contributed by atoms with Crippen LogP contribution in [0.1, 0.15) is 0 Å². The number of hydrogen-bond donors (Lipinski definition) is 3. The molecule has 0 spiro atoms. The number of nitrogens with two attached hydrogens (primary N) is 1. The van der Waals surface area contributed by atoms with Gasteiger partial charge in [-0.2, -0.15) is 0 Å². The quantitative estimate of drug-likeness (QED) is 0.706. The second-order valence-electron chi connectivity index (χ2n) is 4.73. The lowest BCUT2D eigenvalue weighted by Crippen LogP contribution is -2.21. The van der Waals surface area contributed by atoms with Crippen molar-refractivity contribution in [3.8, 4) is 0 Å². The Bertz CT molecular complexity index is 516. The Balaban J connectivity index is 1.69. The molecule has 17 heavy (non-hydrogen) atoms. The first-order valence-electron chi connectivity index (χ1n) is 5.66. The standard InChI is InChI=1S/C11H15N3O2S/c12-17(15,16)8-3-1-7(2-4-8)14-11-9-5-13-6-10(9)11/h1-4,9-11,13-14H,5-6H2,(H2,12,15,16). The molecule has 0 bridgehead atoms. The molecule has 1 aromatic carbocycles. The van der Waals surface area contributed by atoms with Crippen molar-refractivity contribution in [3.05, 3.63) is 24.3 Å². The Labute approximate surface area is 100 Å². The first kappa shape index (κ1) is 11.0. The normalized spacial score (nSPS) is 31.0. The fourth-order valence-corrected chi connectivity index (χ4v) is 3.08. The molecule has 2 atom stereocenters. The smallest absolute Gasteiger partial charge is 0.238 e. The minimum atomic E-state index is -3.59. The van der Waals surface area contributed by atoms with Crippen LogP contribution in [0.3, 0.4) is 0 Å². The molecule has 3 rings (SSSR count). The number of fused-ring (bicyclic) bond motifs is 1. The Kier molecular flexibility index (Phi) is 2.39. The third-order valence-corrected chi connectivity index (χ3v) is 4.54. The van der Waals surface area contributed by atoms with Crippen LogP contribution in [-0.4, -0.2) is 27.5 Å². The van der Waals surface area contributed by atoms with Gasteiger partial charge in [-0.1, -0.05) is 0 Å². The van der Waals surface area contributed by atoms with Gasteiger partial charge in [-0.25, -0.2) is 13.6 Å². The Morgan fingerprint density at radius 3 is 2.29 bits per heavy atom. The zero-order valence-electron chi connectivity index (χ0n) is 9.26. The maximum Gasteiger partial charge on any atom is 0.238 e. The van der Waals surface area contributed by atoms with E-state index >= 15 is 0 Å². The highest BCUT2D eigenvalue weighted by Crippen LogP contribution is 2.43. The van der Waals surface area contributed by atoms with Crippen LogP contribution in [-0.2, 0) is 10.0 Å². The predicted molar refractivity (Wildman–Crippen MR) is 65.1 cm³/mol. The van der Waals surface area contributed by atoms with Crippen molar-refractivity contribution in [3.63, 3.8) is 0 Å². The summed E-state index contributed by atoms with van der Waals surface area (Å²) in [6.45, 7) is 2.16. The van der Waals surface area contributed by atoms with Crippen molar-refractivity contribution >= 4 is 15.7 Å². The lowest BCUT2D eigenvalue weighted by atomic mass is 10.3. The van der Waals surface area contributed by atoms with Crippen LogP contribution in [0.5, 0.6) is 0 Å². The largest absolute Gasteiger partial charge is 0.382 e. The van der Waals surface area contributed by atoms with Crippen LogP contribution >= 0.6 is 0 Å². The molecule has 1 heterocycles. The Morgan fingerprint density at radius 1 is 1.18 bits per heavy atom. The molecule has 1 aliphatic heterocycles. The zero-order chi connectivity index (χ0) is 12.0. The second-order valence-corrected chi connectivity index (χ2v) is 6.29. The highest BCUT2D eigenvalue weighted by molar-refractivity contribution is 7.89. The highest BCUT2D eigenvalue weighted by atomic mass is 32.2. The van der Waals surface area contributed by atoms with Crippen molar-refractivity contribution in [2.24, 2.45) is 17.0 Å². The lowest BCUT2D eigenvalue weighted by Gasteiger charge is -2.09. The summed E-state index contributed by atoms with van der Waals surface area (Å²) in [5.74, 6) is 1.46. The van der Waals surface area contributed by atoms with E-state index in [2.05, 4.69) is 10.6 Å². The van der Waals surface area contributed by atoms with Crippen molar-refractivity contribution in [2.75, 3.05) is 18.4 Å². The zero-order valence-corrected chi connectivity index (χ0v) is 10.1. The molecule has 6 heteroatoms. The summed E-state index contributed by atoms with van der Waals surface area (Å²) in [5, 5.41) is 11.8. The monoisotopic (exact) mass is 253 g/mol. The number of primary sulfonamides is 1. The van der Waals surface area contributed by atoms with Gasteiger partial charge in [-0.15, -0.1) is 0 Å². The van der Waals surface area contributed by atoms with Crippen LogP contribution < -0.4 is 15.8 Å². The van der Waals surface area contributed by atoms with Gasteiger partial charge in [0.1, 0.15) is 0 Å². The van der Waals surface area contributed by atoms with Crippen molar-refractivity contribution in [2.45, 2.75) is 10.9 Å². The van der Waals surface area contributed by atoms with Crippen molar-refractivity contribution < 1.29 is 8.42 Å². The van der Waals surface area contributed by atoms with Gasteiger partial charge >= 0.3 is 0 Å².